The van der Waals surface area contributed by atoms with Gasteiger partial charge in [-0.1, -0.05) is 29.8 Å². The maximum absolute atomic E-state index is 13.0. The fraction of sp³-hybridized carbons (Fsp3) is 0.261. The third-order valence-electron chi connectivity index (χ3n) is 4.90. The Balaban J connectivity index is 1.74. The van der Waals surface area contributed by atoms with Crippen LogP contribution in [-0.2, 0) is 0 Å². The molecule has 0 saturated carbocycles. The van der Waals surface area contributed by atoms with Crippen LogP contribution in [-0.4, -0.2) is 40.7 Å². The van der Waals surface area contributed by atoms with Gasteiger partial charge in [-0.15, -0.1) is 0 Å². The molecule has 1 amide bonds. The Hall–Kier alpha value is -3.61. The van der Waals surface area contributed by atoms with Crippen LogP contribution in [0.2, 0.25) is 0 Å². The summed E-state index contributed by atoms with van der Waals surface area (Å²) in [5.41, 5.74) is 2.30. The number of hydrogen-bond donors (Lipinski definition) is 0. The topological polar surface area (TPSA) is 73.8 Å². The van der Waals surface area contributed by atoms with Gasteiger partial charge in [0.2, 0.25) is 12.7 Å². The minimum atomic E-state index is -0.175. The zero-order valence-corrected chi connectivity index (χ0v) is 17.2. The first-order valence-corrected chi connectivity index (χ1v) is 9.90. The monoisotopic (exact) mass is 405 g/mol. The van der Waals surface area contributed by atoms with Crippen molar-refractivity contribution in [1.82, 2.24) is 14.9 Å². The summed E-state index contributed by atoms with van der Waals surface area (Å²) < 4.78 is 16.8. The number of nitrogens with zero attached hydrogens (tertiary/aromatic N) is 3. The van der Waals surface area contributed by atoms with Crippen LogP contribution < -0.4 is 14.2 Å². The van der Waals surface area contributed by atoms with Crippen LogP contribution in [0.5, 0.6) is 23.1 Å². The number of carbonyl (C=O) groups is 1. The fourth-order valence-electron chi connectivity index (χ4n) is 3.17. The van der Waals surface area contributed by atoms with Gasteiger partial charge < -0.3 is 19.1 Å². The second-order valence-corrected chi connectivity index (χ2v) is 6.87. The molecule has 1 aromatic heterocycles. The van der Waals surface area contributed by atoms with Gasteiger partial charge in [-0.2, -0.15) is 4.98 Å². The molecule has 1 aliphatic rings. The van der Waals surface area contributed by atoms with E-state index in [0.717, 1.165) is 11.1 Å². The van der Waals surface area contributed by atoms with E-state index in [-0.39, 0.29) is 18.6 Å². The number of fused-ring (bicyclic) bond motifs is 1. The van der Waals surface area contributed by atoms with Crippen LogP contribution >= 0.6 is 0 Å². The van der Waals surface area contributed by atoms with Gasteiger partial charge in [0.25, 0.3) is 5.91 Å². The van der Waals surface area contributed by atoms with E-state index in [1.54, 1.807) is 23.1 Å². The van der Waals surface area contributed by atoms with Crippen molar-refractivity contribution in [1.29, 1.82) is 0 Å². The molecule has 7 heteroatoms. The van der Waals surface area contributed by atoms with Gasteiger partial charge in [0, 0.05) is 30.9 Å². The lowest BCUT2D eigenvalue weighted by atomic mass is 10.1. The van der Waals surface area contributed by atoms with E-state index < -0.39 is 0 Å². The molecule has 2 aromatic carbocycles. The minimum Gasteiger partial charge on any atom is -0.454 e. The summed E-state index contributed by atoms with van der Waals surface area (Å²) in [6, 6.07) is 13.1. The SMILES string of the molecule is CCN(CC)C(=O)c1cnc(-c2ccc(C)cc2)nc1Oc1ccc2c(c1)OCO2. The smallest absolute Gasteiger partial charge is 0.260 e. The number of hydrogen-bond acceptors (Lipinski definition) is 6. The largest absolute Gasteiger partial charge is 0.454 e. The Kier molecular flexibility index (Phi) is 5.52. The standard InChI is InChI=1S/C23H23N3O4/c1-4-26(5-2)23(27)18-13-24-21(16-8-6-15(3)7-9-16)25-22(18)30-17-10-11-19-20(12-17)29-14-28-19/h6-13H,4-5,14H2,1-3H3. The van der Waals surface area contributed by atoms with Crippen LogP contribution in [0.1, 0.15) is 29.8 Å². The molecule has 1 aliphatic heterocycles. The van der Waals surface area contributed by atoms with E-state index in [4.69, 9.17) is 14.2 Å². The average Bonchev–Trinajstić information content (AvgIpc) is 3.23. The molecule has 154 valence electrons. The summed E-state index contributed by atoms with van der Waals surface area (Å²) >= 11 is 0. The van der Waals surface area contributed by atoms with Crippen molar-refractivity contribution in [3.8, 4) is 34.5 Å². The lowest BCUT2D eigenvalue weighted by molar-refractivity contribution is 0.0769. The van der Waals surface area contributed by atoms with Crippen molar-refractivity contribution in [2.24, 2.45) is 0 Å². The summed E-state index contributed by atoms with van der Waals surface area (Å²) in [6.07, 6.45) is 1.53. The third kappa shape index (κ3) is 3.91. The molecule has 0 aliphatic carbocycles. The zero-order valence-electron chi connectivity index (χ0n) is 17.2. The molecule has 0 N–H and O–H groups in total. The van der Waals surface area contributed by atoms with Crippen LogP contribution in [0.25, 0.3) is 11.4 Å². The highest BCUT2D eigenvalue weighted by molar-refractivity contribution is 5.96. The molecule has 0 unspecified atom stereocenters. The van der Waals surface area contributed by atoms with E-state index >= 15 is 0 Å². The van der Waals surface area contributed by atoms with E-state index in [0.29, 0.717) is 41.7 Å². The Morgan fingerprint density at radius 3 is 2.53 bits per heavy atom. The summed E-state index contributed by atoms with van der Waals surface area (Å²) in [5, 5.41) is 0. The molecule has 0 saturated heterocycles. The van der Waals surface area contributed by atoms with E-state index in [2.05, 4.69) is 9.97 Å². The first kappa shape index (κ1) is 19.7. The van der Waals surface area contributed by atoms with E-state index in [1.807, 2.05) is 45.0 Å². The minimum absolute atomic E-state index is 0.175. The number of ether oxygens (including phenoxy) is 3. The average molecular weight is 405 g/mol. The number of carbonyl (C=O) groups excluding carboxylic acids is 1. The Morgan fingerprint density at radius 2 is 1.80 bits per heavy atom. The van der Waals surface area contributed by atoms with E-state index in [9.17, 15) is 4.79 Å². The van der Waals surface area contributed by atoms with Gasteiger partial charge >= 0.3 is 0 Å². The number of benzene rings is 2. The molecular formula is C23H23N3O4. The lowest BCUT2D eigenvalue weighted by Crippen LogP contribution is -2.31. The summed E-state index contributed by atoms with van der Waals surface area (Å²) in [4.78, 5) is 23.7. The number of aryl methyl sites for hydroxylation is 1. The highest BCUT2D eigenvalue weighted by Gasteiger charge is 2.22. The third-order valence-corrected chi connectivity index (χ3v) is 4.90. The molecule has 2 heterocycles. The predicted molar refractivity (Wildman–Crippen MR) is 112 cm³/mol. The number of amides is 1. The van der Waals surface area contributed by atoms with Gasteiger partial charge in [-0.25, -0.2) is 4.98 Å². The molecule has 0 bridgehead atoms. The van der Waals surface area contributed by atoms with Gasteiger partial charge in [0.1, 0.15) is 11.3 Å². The lowest BCUT2D eigenvalue weighted by Gasteiger charge is -2.20. The van der Waals surface area contributed by atoms with Crippen molar-refractivity contribution >= 4 is 5.91 Å². The molecule has 3 aromatic rings. The highest BCUT2D eigenvalue weighted by Crippen LogP contribution is 2.37. The Bertz CT molecular complexity index is 1060. The molecule has 30 heavy (non-hydrogen) atoms. The summed E-state index contributed by atoms with van der Waals surface area (Å²) in [6.45, 7) is 7.22. The second kappa shape index (κ2) is 8.41. The van der Waals surface area contributed by atoms with Crippen LogP contribution in [0, 0.1) is 6.92 Å². The molecule has 0 fully saturated rings. The van der Waals surface area contributed by atoms with Crippen molar-refractivity contribution in [2.75, 3.05) is 19.9 Å². The number of aromatic nitrogens is 2. The molecule has 0 radical (unpaired) electrons. The van der Waals surface area contributed by atoms with Crippen LogP contribution in [0.3, 0.4) is 0 Å². The highest BCUT2D eigenvalue weighted by atomic mass is 16.7. The summed E-state index contributed by atoms with van der Waals surface area (Å²) in [7, 11) is 0. The molecule has 0 atom stereocenters. The van der Waals surface area contributed by atoms with Gasteiger partial charge in [0.05, 0.1) is 0 Å². The molecule has 4 rings (SSSR count). The second-order valence-electron chi connectivity index (χ2n) is 6.87. The van der Waals surface area contributed by atoms with E-state index in [1.165, 1.54) is 6.20 Å². The number of rotatable bonds is 6. The maximum Gasteiger partial charge on any atom is 0.260 e. The normalized spacial score (nSPS) is 12.0. The molecule has 7 nitrogen and oxygen atoms in total. The Morgan fingerprint density at radius 1 is 1.07 bits per heavy atom. The van der Waals surface area contributed by atoms with Crippen molar-refractivity contribution in [3.05, 3.63) is 59.8 Å². The van der Waals surface area contributed by atoms with Crippen molar-refractivity contribution in [3.63, 3.8) is 0 Å². The fourth-order valence-corrected chi connectivity index (χ4v) is 3.17. The van der Waals surface area contributed by atoms with Crippen molar-refractivity contribution in [2.45, 2.75) is 20.8 Å². The van der Waals surface area contributed by atoms with Gasteiger partial charge in [-0.3, -0.25) is 4.79 Å². The van der Waals surface area contributed by atoms with Crippen molar-refractivity contribution < 1.29 is 19.0 Å². The van der Waals surface area contributed by atoms with Gasteiger partial charge in [-0.05, 0) is 32.9 Å². The Labute approximate surface area is 175 Å². The van der Waals surface area contributed by atoms with Crippen LogP contribution in [0.15, 0.2) is 48.7 Å². The quantitative estimate of drug-likeness (QED) is 0.603. The predicted octanol–water partition coefficient (Wildman–Crippen LogP) is 4.46. The summed E-state index contributed by atoms with van der Waals surface area (Å²) in [5.74, 6) is 2.27. The maximum atomic E-state index is 13.0. The molecule has 0 spiro atoms. The molecular weight excluding hydrogens is 382 g/mol. The van der Waals surface area contributed by atoms with Gasteiger partial charge in [0.15, 0.2) is 17.3 Å². The zero-order chi connectivity index (χ0) is 21.1. The first-order chi connectivity index (χ1) is 14.6. The van der Waals surface area contributed by atoms with Crippen LogP contribution in [0.4, 0.5) is 0 Å². The first-order valence-electron chi connectivity index (χ1n) is 9.90.